The average molecular weight is 345 g/mol. The molecule has 4 heterocycles. The fraction of sp³-hybridized carbons (Fsp3) is 0.412. The van der Waals surface area contributed by atoms with E-state index < -0.39 is 0 Å². The zero-order valence-electron chi connectivity index (χ0n) is 13.8. The van der Waals surface area contributed by atoms with Gasteiger partial charge in [-0.2, -0.15) is 5.10 Å². The van der Waals surface area contributed by atoms with Crippen LogP contribution >= 0.6 is 23.1 Å². The topological polar surface area (TPSA) is 42.7 Å². The van der Waals surface area contributed by atoms with Crippen molar-refractivity contribution >= 4 is 49.3 Å². The van der Waals surface area contributed by atoms with Gasteiger partial charge in [-0.05, 0) is 36.8 Å². The van der Waals surface area contributed by atoms with Crippen LogP contribution in [0.2, 0.25) is 0 Å². The van der Waals surface area contributed by atoms with E-state index in [1.54, 1.807) is 11.3 Å². The Bertz CT molecular complexity index is 922. The maximum atomic E-state index is 4.71. The number of rotatable bonds is 3. The number of thioether (sulfide) groups is 1. The van der Waals surface area contributed by atoms with E-state index in [0.717, 1.165) is 22.9 Å². The van der Waals surface area contributed by atoms with Crippen LogP contribution in [0.3, 0.4) is 0 Å². The molecule has 1 aliphatic heterocycles. The zero-order chi connectivity index (χ0) is 16.1. The Balaban J connectivity index is 1.75. The largest absolute Gasteiger partial charge is 0.366 e. The summed E-state index contributed by atoms with van der Waals surface area (Å²) in [5.74, 6) is 1.60. The Kier molecular flexibility index (Phi) is 3.61. The first kappa shape index (κ1) is 15.0. The number of aromatic nitrogens is 3. The molecule has 0 aromatic carbocycles. The zero-order valence-corrected chi connectivity index (χ0v) is 15.4. The number of hydrogen-bond donors (Lipinski definition) is 1. The van der Waals surface area contributed by atoms with Crippen LogP contribution in [0, 0.1) is 19.8 Å². The van der Waals surface area contributed by atoms with Crippen LogP contribution < -0.4 is 5.32 Å². The van der Waals surface area contributed by atoms with Gasteiger partial charge in [0.2, 0.25) is 0 Å². The van der Waals surface area contributed by atoms with Crippen molar-refractivity contribution in [3.05, 3.63) is 28.8 Å². The van der Waals surface area contributed by atoms with Crippen molar-refractivity contribution in [2.24, 2.45) is 13.0 Å². The number of fused-ring (bicyclic) bond motifs is 3. The monoisotopic (exact) mass is 344 g/mol. The molecule has 0 aliphatic carbocycles. The standard InChI is InChI=1S/C17H20N4S2/c1-9-5-6-22-12(9)8-18-16-15-14(21(4)20-16)13-10(2)7-11(3)19-17(13)23-15/h5-7,9,12H,8H2,1-4H3,(H,18,20). The Hall–Kier alpha value is -1.53. The van der Waals surface area contributed by atoms with Gasteiger partial charge in [-0.1, -0.05) is 13.0 Å². The van der Waals surface area contributed by atoms with E-state index in [2.05, 4.69) is 43.6 Å². The molecule has 3 aromatic heterocycles. The molecule has 1 N–H and O–H groups in total. The number of pyridine rings is 1. The lowest BCUT2D eigenvalue weighted by atomic mass is 10.1. The molecule has 4 rings (SSSR count). The Morgan fingerprint density at radius 2 is 2.17 bits per heavy atom. The molecule has 0 bridgehead atoms. The van der Waals surface area contributed by atoms with Crippen molar-refractivity contribution in [3.63, 3.8) is 0 Å². The molecule has 0 saturated carbocycles. The molecule has 0 fully saturated rings. The molecular weight excluding hydrogens is 324 g/mol. The molecule has 120 valence electrons. The summed E-state index contributed by atoms with van der Waals surface area (Å²) in [6.45, 7) is 7.42. The highest BCUT2D eigenvalue weighted by atomic mass is 32.2. The van der Waals surface area contributed by atoms with Crippen molar-refractivity contribution in [2.45, 2.75) is 26.0 Å². The number of nitrogens with zero attached hydrogens (tertiary/aromatic N) is 3. The Morgan fingerprint density at radius 3 is 2.91 bits per heavy atom. The highest BCUT2D eigenvalue weighted by Crippen LogP contribution is 2.39. The number of allylic oxidation sites excluding steroid dienone is 1. The number of aryl methyl sites for hydroxylation is 3. The summed E-state index contributed by atoms with van der Waals surface area (Å²) in [5, 5.41) is 12.3. The van der Waals surface area contributed by atoms with E-state index in [1.807, 2.05) is 23.5 Å². The minimum Gasteiger partial charge on any atom is -0.366 e. The summed E-state index contributed by atoms with van der Waals surface area (Å²) in [6.07, 6.45) is 2.28. The molecule has 0 radical (unpaired) electrons. The molecule has 23 heavy (non-hydrogen) atoms. The van der Waals surface area contributed by atoms with Gasteiger partial charge < -0.3 is 5.32 Å². The molecule has 6 heteroatoms. The summed E-state index contributed by atoms with van der Waals surface area (Å²) in [4.78, 5) is 5.82. The van der Waals surface area contributed by atoms with E-state index in [1.165, 1.54) is 21.2 Å². The summed E-state index contributed by atoms with van der Waals surface area (Å²) >= 11 is 3.65. The van der Waals surface area contributed by atoms with Crippen molar-refractivity contribution in [1.82, 2.24) is 14.8 Å². The lowest BCUT2D eigenvalue weighted by molar-refractivity contribution is 0.700. The first-order chi connectivity index (χ1) is 11.0. The van der Waals surface area contributed by atoms with E-state index in [0.29, 0.717) is 11.2 Å². The maximum Gasteiger partial charge on any atom is 0.166 e. The van der Waals surface area contributed by atoms with Gasteiger partial charge >= 0.3 is 0 Å². The van der Waals surface area contributed by atoms with Crippen LogP contribution in [-0.2, 0) is 7.05 Å². The van der Waals surface area contributed by atoms with Gasteiger partial charge in [0.05, 0.1) is 10.2 Å². The lowest BCUT2D eigenvalue weighted by Crippen LogP contribution is -2.20. The quantitative estimate of drug-likeness (QED) is 0.761. The maximum absolute atomic E-state index is 4.71. The predicted molar refractivity (Wildman–Crippen MR) is 102 cm³/mol. The summed E-state index contributed by atoms with van der Waals surface area (Å²) in [6, 6.07) is 2.15. The molecule has 0 spiro atoms. The van der Waals surface area contributed by atoms with E-state index in [4.69, 9.17) is 10.1 Å². The van der Waals surface area contributed by atoms with Gasteiger partial charge in [0.1, 0.15) is 4.83 Å². The van der Waals surface area contributed by atoms with Crippen LogP contribution in [0.1, 0.15) is 18.2 Å². The molecule has 3 aromatic rings. The minimum atomic E-state index is 0.587. The van der Waals surface area contributed by atoms with Crippen LogP contribution in [0.25, 0.3) is 20.4 Å². The molecule has 4 nitrogen and oxygen atoms in total. The van der Waals surface area contributed by atoms with Crippen molar-refractivity contribution < 1.29 is 0 Å². The second-order valence-corrected chi connectivity index (χ2v) is 8.40. The summed E-state index contributed by atoms with van der Waals surface area (Å²) < 4.78 is 3.21. The first-order valence-electron chi connectivity index (χ1n) is 7.84. The number of hydrogen-bond acceptors (Lipinski definition) is 5. The van der Waals surface area contributed by atoms with Crippen molar-refractivity contribution in [2.75, 3.05) is 11.9 Å². The van der Waals surface area contributed by atoms with Gasteiger partial charge in [-0.15, -0.1) is 23.1 Å². The van der Waals surface area contributed by atoms with Crippen molar-refractivity contribution in [3.8, 4) is 0 Å². The number of anilines is 1. The normalized spacial score (nSPS) is 20.9. The third kappa shape index (κ3) is 2.44. The van der Waals surface area contributed by atoms with Gasteiger partial charge in [0.15, 0.2) is 5.82 Å². The third-order valence-electron chi connectivity index (χ3n) is 4.44. The van der Waals surface area contributed by atoms with Crippen molar-refractivity contribution in [1.29, 1.82) is 0 Å². The van der Waals surface area contributed by atoms with E-state index in [-0.39, 0.29) is 0 Å². The fourth-order valence-electron chi connectivity index (χ4n) is 3.20. The van der Waals surface area contributed by atoms with E-state index >= 15 is 0 Å². The Morgan fingerprint density at radius 1 is 1.35 bits per heavy atom. The second kappa shape index (κ2) is 5.53. The third-order valence-corrected chi connectivity index (χ3v) is 6.78. The minimum absolute atomic E-state index is 0.587. The molecule has 0 amide bonds. The fourth-order valence-corrected chi connectivity index (χ4v) is 5.54. The van der Waals surface area contributed by atoms with Gasteiger partial charge in [-0.25, -0.2) is 4.98 Å². The molecular formula is C17H20N4S2. The molecule has 1 aliphatic rings. The number of thiophene rings is 1. The number of nitrogens with one attached hydrogen (secondary N) is 1. The first-order valence-corrected chi connectivity index (χ1v) is 9.60. The summed E-state index contributed by atoms with van der Waals surface area (Å²) in [7, 11) is 2.02. The van der Waals surface area contributed by atoms with Crippen LogP contribution in [-0.4, -0.2) is 26.6 Å². The van der Waals surface area contributed by atoms with Crippen LogP contribution in [0.5, 0.6) is 0 Å². The molecule has 2 unspecified atom stereocenters. The molecule has 0 saturated heterocycles. The van der Waals surface area contributed by atoms with Gasteiger partial charge in [0, 0.05) is 29.9 Å². The highest BCUT2D eigenvalue weighted by Gasteiger charge is 2.22. The van der Waals surface area contributed by atoms with Gasteiger partial charge in [0.25, 0.3) is 0 Å². The van der Waals surface area contributed by atoms with Crippen LogP contribution in [0.4, 0.5) is 5.82 Å². The predicted octanol–water partition coefficient (Wildman–Crippen LogP) is 4.48. The highest BCUT2D eigenvalue weighted by molar-refractivity contribution is 8.03. The van der Waals surface area contributed by atoms with E-state index in [9.17, 15) is 0 Å². The lowest BCUT2D eigenvalue weighted by Gasteiger charge is -2.14. The molecule has 2 atom stereocenters. The van der Waals surface area contributed by atoms with Crippen LogP contribution in [0.15, 0.2) is 17.6 Å². The smallest absolute Gasteiger partial charge is 0.166 e. The SMILES string of the molecule is Cc1cc(C)c2c(n1)sc1c(NCC3SC=CC3C)nn(C)c12. The Labute approximate surface area is 144 Å². The summed E-state index contributed by atoms with van der Waals surface area (Å²) in [5.41, 5.74) is 3.55. The second-order valence-electron chi connectivity index (χ2n) is 6.26. The average Bonchev–Trinajstić information content (AvgIpc) is 3.13. The van der Waals surface area contributed by atoms with Gasteiger partial charge in [-0.3, -0.25) is 4.68 Å².